The van der Waals surface area contributed by atoms with Gasteiger partial charge in [0.15, 0.2) is 5.78 Å². The minimum absolute atomic E-state index is 0.122. The minimum atomic E-state index is 0.122. The number of benzene rings is 1. The summed E-state index contributed by atoms with van der Waals surface area (Å²) < 4.78 is 5.47. The molecule has 1 aliphatic rings. The zero-order valence-corrected chi connectivity index (χ0v) is 11.9. The van der Waals surface area contributed by atoms with Crippen LogP contribution < -0.4 is 4.74 Å². The smallest absolute Gasteiger partial charge is 0.174 e. The average Bonchev–Trinajstić information content (AvgIpc) is 3.03. The van der Waals surface area contributed by atoms with E-state index in [1.165, 1.54) is 22.5 Å². The van der Waals surface area contributed by atoms with Crippen LogP contribution in [-0.4, -0.2) is 12.4 Å². The number of Topliss-reactive ketones (excluding diaryl/α,β-unsaturated/α-hetero) is 1. The second kappa shape index (κ2) is 5.35. The van der Waals surface area contributed by atoms with E-state index >= 15 is 0 Å². The van der Waals surface area contributed by atoms with Crippen molar-refractivity contribution >= 4 is 28.7 Å². The Morgan fingerprint density at radius 3 is 3.05 bits per heavy atom. The minimum Gasteiger partial charge on any atom is -0.493 e. The Morgan fingerprint density at radius 1 is 1.37 bits per heavy atom. The molecule has 0 aliphatic carbocycles. The summed E-state index contributed by atoms with van der Waals surface area (Å²) in [4.78, 5) is 12.7. The second-order valence-corrected chi connectivity index (χ2v) is 5.88. The zero-order valence-electron chi connectivity index (χ0n) is 10.3. The van der Waals surface area contributed by atoms with Gasteiger partial charge in [0, 0.05) is 12.8 Å². The van der Waals surface area contributed by atoms with Crippen molar-refractivity contribution in [2.45, 2.75) is 19.3 Å². The van der Waals surface area contributed by atoms with Gasteiger partial charge < -0.3 is 4.74 Å². The lowest BCUT2D eigenvalue weighted by atomic mass is 10.0. The van der Waals surface area contributed by atoms with E-state index in [4.69, 9.17) is 16.3 Å². The van der Waals surface area contributed by atoms with Gasteiger partial charge in [-0.25, -0.2) is 0 Å². The molecule has 4 heteroatoms. The molecule has 0 saturated carbocycles. The van der Waals surface area contributed by atoms with Gasteiger partial charge in [0.25, 0.3) is 0 Å². The van der Waals surface area contributed by atoms with Crippen LogP contribution in [0.1, 0.15) is 27.2 Å². The van der Waals surface area contributed by atoms with E-state index in [0.29, 0.717) is 16.3 Å². The summed E-state index contributed by atoms with van der Waals surface area (Å²) in [6.45, 7) is 0.766. The Morgan fingerprint density at radius 2 is 2.26 bits per heavy atom. The van der Waals surface area contributed by atoms with Crippen LogP contribution in [0.2, 0.25) is 5.02 Å². The highest BCUT2D eigenvalue weighted by Crippen LogP contribution is 2.27. The first-order valence-corrected chi connectivity index (χ1v) is 7.50. The van der Waals surface area contributed by atoms with Crippen molar-refractivity contribution in [1.82, 2.24) is 0 Å². The van der Waals surface area contributed by atoms with Gasteiger partial charge in [0.1, 0.15) is 5.75 Å². The molecule has 0 radical (unpaired) electrons. The number of halogens is 1. The topological polar surface area (TPSA) is 26.3 Å². The lowest BCUT2D eigenvalue weighted by Crippen LogP contribution is -1.99. The Hall–Kier alpha value is -1.32. The highest BCUT2D eigenvalue weighted by Gasteiger charge is 2.14. The molecule has 98 valence electrons. The number of carbonyl (C=O) groups excluding carboxylic acids is 1. The zero-order chi connectivity index (χ0) is 13.2. The standard InChI is InChI=1S/C15H13ClO2S/c16-12-6-8-19-15(12)13(17)3-1-10-2-4-14-11(9-10)5-7-18-14/h2,4,6,8-9H,1,3,5,7H2. The van der Waals surface area contributed by atoms with Gasteiger partial charge in [-0.1, -0.05) is 23.7 Å². The van der Waals surface area contributed by atoms with Gasteiger partial charge in [0.05, 0.1) is 16.5 Å². The van der Waals surface area contributed by atoms with Crippen LogP contribution in [0, 0.1) is 0 Å². The summed E-state index contributed by atoms with van der Waals surface area (Å²) in [5.74, 6) is 1.10. The molecular formula is C15H13ClO2S. The van der Waals surface area contributed by atoms with Crippen LogP contribution in [-0.2, 0) is 12.8 Å². The van der Waals surface area contributed by atoms with Crippen LogP contribution in [0.25, 0.3) is 0 Å². The van der Waals surface area contributed by atoms with Crippen LogP contribution in [0.5, 0.6) is 5.75 Å². The summed E-state index contributed by atoms with van der Waals surface area (Å²) in [6, 6.07) is 7.95. The van der Waals surface area contributed by atoms with Gasteiger partial charge in [-0.3, -0.25) is 4.79 Å². The molecule has 0 atom stereocenters. The molecule has 2 nitrogen and oxygen atoms in total. The van der Waals surface area contributed by atoms with Gasteiger partial charge in [0.2, 0.25) is 0 Å². The van der Waals surface area contributed by atoms with Crippen LogP contribution in [0.3, 0.4) is 0 Å². The van der Waals surface area contributed by atoms with Gasteiger partial charge in [-0.05, 0) is 35.1 Å². The number of ketones is 1. The number of rotatable bonds is 4. The van der Waals surface area contributed by atoms with E-state index < -0.39 is 0 Å². The number of ether oxygens (including phenoxy) is 1. The maximum Gasteiger partial charge on any atom is 0.174 e. The number of carbonyl (C=O) groups is 1. The molecule has 1 aromatic carbocycles. The molecule has 0 amide bonds. The number of hydrogen-bond acceptors (Lipinski definition) is 3. The van der Waals surface area contributed by atoms with Crippen molar-refractivity contribution in [1.29, 1.82) is 0 Å². The summed E-state index contributed by atoms with van der Waals surface area (Å²) in [5.41, 5.74) is 2.43. The van der Waals surface area contributed by atoms with Crippen LogP contribution >= 0.6 is 22.9 Å². The molecule has 0 unspecified atom stereocenters. The first kappa shape index (κ1) is 12.7. The largest absolute Gasteiger partial charge is 0.493 e. The molecule has 19 heavy (non-hydrogen) atoms. The Kier molecular flexibility index (Phi) is 3.58. The molecule has 0 fully saturated rings. The SMILES string of the molecule is O=C(CCc1ccc2c(c1)CCO2)c1sccc1Cl. The summed E-state index contributed by atoms with van der Waals surface area (Å²) in [7, 11) is 0. The van der Waals surface area contributed by atoms with Crippen molar-refractivity contribution in [2.24, 2.45) is 0 Å². The molecule has 0 N–H and O–H groups in total. The Balaban J connectivity index is 1.66. The van der Waals surface area contributed by atoms with E-state index in [-0.39, 0.29) is 5.78 Å². The summed E-state index contributed by atoms with van der Waals surface area (Å²) in [5, 5.41) is 2.42. The molecule has 1 aromatic heterocycles. The van der Waals surface area contributed by atoms with Gasteiger partial charge in [-0.2, -0.15) is 0 Å². The Labute approximate surface area is 121 Å². The maximum absolute atomic E-state index is 12.0. The molecule has 1 aliphatic heterocycles. The molecule has 2 heterocycles. The number of aryl methyl sites for hydroxylation is 1. The lowest BCUT2D eigenvalue weighted by molar-refractivity contribution is 0.0987. The maximum atomic E-state index is 12.0. The van der Waals surface area contributed by atoms with E-state index in [1.807, 2.05) is 17.5 Å². The first-order valence-electron chi connectivity index (χ1n) is 6.25. The fraction of sp³-hybridized carbons (Fsp3) is 0.267. The van der Waals surface area contributed by atoms with E-state index in [2.05, 4.69) is 6.07 Å². The monoisotopic (exact) mass is 292 g/mol. The van der Waals surface area contributed by atoms with E-state index in [1.54, 1.807) is 6.07 Å². The summed E-state index contributed by atoms with van der Waals surface area (Å²) in [6.07, 6.45) is 2.22. The predicted octanol–water partition coefficient (Wildman–Crippen LogP) is 4.15. The molecule has 0 bridgehead atoms. The van der Waals surface area contributed by atoms with E-state index in [0.717, 1.165) is 25.2 Å². The van der Waals surface area contributed by atoms with Crippen molar-refractivity contribution in [2.75, 3.05) is 6.61 Å². The van der Waals surface area contributed by atoms with E-state index in [9.17, 15) is 4.79 Å². The Bertz CT molecular complexity index is 618. The van der Waals surface area contributed by atoms with Crippen molar-refractivity contribution in [3.8, 4) is 5.75 Å². The average molecular weight is 293 g/mol. The van der Waals surface area contributed by atoms with Crippen LogP contribution in [0.15, 0.2) is 29.6 Å². The first-order chi connectivity index (χ1) is 9.24. The van der Waals surface area contributed by atoms with Gasteiger partial charge in [-0.15, -0.1) is 11.3 Å². The highest BCUT2D eigenvalue weighted by molar-refractivity contribution is 7.12. The summed E-state index contributed by atoms with van der Waals surface area (Å²) >= 11 is 7.38. The quantitative estimate of drug-likeness (QED) is 0.791. The number of fused-ring (bicyclic) bond motifs is 1. The third-order valence-corrected chi connectivity index (χ3v) is 4.65. The molecule has 0 spiro atoms. The van der Waals surface area contributed by atoms with Crippen LogP contribution in [0.4, 0.5) is 0 Å². The molecule has 2 aromatic rings. The lowest BCUT2D eigenvalue weighted by Gasteiger charge is -2.03. The van der Waals surface area contributed by atoms with Crippen molar-refractivity contribution in [3.63, 3.8) is 0 Å². The number of thiophene rings is 1. The van der Waals surface area contributed by atoms with Gasteiger partial charge >= 0.3 is 0 Å². The fourth-order valence-corrected chi connectivity index (χ4v) is 3.39. The third kappa shape index (κ3) is 2.67. The predicted molar refractivity (Wildman–Crippen MR) is 77.6 cm³/mol. The fourth-order valence-electron chi connectivity index (χ4n) is 2.26. The molecular weight excluding hydrogens is 280 g/mol. The second-order valence-electron chi connectivity index (χ2n) is 4.56. The van der Waals surface area contributed by atoms with Crippen molar-refractivity contribution in [3.05, 3.63) is 50.7 Å². The molecule has 3 rings (SSSR count). The normalized spacial score (nSPS) is 13.1. The third-order valence-electron chi connectivity index (χ3n) is 3.27. The molecule has 0 saturated heterocycles. The van der Waals surface area contributed by atoms with Crippen molar-refractivity contribution < 1.29 is 9.53 Å². The number of hydrogen-bond donors (Lipinski definition) is 0. The highest BCUT2D eigenvalue weighted by atomic mass is 35.5.